The number of amides is 2. The lowest BCUT2D eigenvalue weighted by Crippen LogP contribution is -2.21. The van der Waals surface area contributed by atoms with Crippen molar-refractivity contribution in [3.8, 4) is 0 Å². The number of aryl methyl sites for hydroxylation is 1. The van der Waals surface area contributed by atoms with E-state index in [1.54, 1.807) is 30.3 Å². The fraction of sp³-hybridized carbons (Fsp3) is 0.125. The number of thioether (sulfide) groups is 1. The molecule has 0 saturated carbocycles. The molecule has 0 bridgehead atoms. The number of halogens is 1. The van der Waals surface area contributed by atoms with Crippen LogP contribution in [0.25, 0.3) is 0 Å². The molecule has 3 rings (SSSR count). The molecule has 0 aromatic heterocycles. The smallest absolute Gasteiger partial charge is 0.339 e. The molecule has 0 aliphatic carbocycles. The van der Waals surface area contributed by atoms with Crippen LogP contribution in [-0.4, -0.2) is 30.1 Å². The van der Waals surface area contributed by atoms with E-state index in [-0.39, 0.29) is 17.2 Å². The summed E-state index contributed by atoms with van der Waals surface area (Å²) in [5.41, 5.74) is 2.35. The van der Waals surface area contributed by atoms with Crippen molar-refractivity contribution >= 4 is 40.9 Å². The SMILES string of the molecule is Cc1cccc(NC(=O)COC(=O)c2ccccc2SCC(=O)Nc2ccc(F)cc2)c1. The Hall–Kier alpha value is -3.65. The third kappa shape index (κ3) is 6.95. The van der Waals surface area contributed by atoms with Gasteiger partial charge in [0.05, 0.1) is 11.3 Å². The van der Waals surface area contributed by atoms with Gasteiger partial charge in [0.1, 0.15) is 5.82 Å². The molecule has 164 valence electrons. The van der Waals surface area contributed by atoms with E-state index in [0.717, 1.165) is 17.3 Å². The highest BCUT2D eigenvalue weighted by molar-refractivity contribution is 8.00. The van der Waals surface area contributed by atoms with E-state index >= 15 is 0 Å². The quantitative estimate of drug-likeness (QED) is 0.384. The lowest BCUT2D eigenvalue weighted by Gasteiger charge is -2.10. The van der Waals surface area contributed by atoms with Gasteiger partial charge in [0, 0.05) is 16.3 Å². The van der Waals surface area contributed by atoms with E-state index in [1.165, 1.54) is 24.3 Å². The Labute approximate surface area is 189 Å². The Kier molecular flexibility index (Phi) is 7.99. The van der Waals surface area contributed by atoms with Crippen LogP contribution in [0.3, 0.4) is 0 Å². The average Bonchev–Trinajstić information content (AvgIpc) is 2.78. The largest absolute Gasteiger partial charge is 0.452 e. The van der Waals surface area contributed by atoms with Crippen molar-refractivity contribution in [1.82, 2.24) is 0 Å². The monoisotopic (exact) mass is 452 g/mol. The summed E-state index contributed by atoms with van der Waals surface area (Å²) in [6.45, 7) is 1.47. The summed E-state index contributed by atoms with van der Waals surface area (Å²) < 4.78 is 18.1. The first-order valence-electron chi connectivity index (χ1n) is 9.71. The van der Waals surface area contributed by atoms with Crippen molar-refractivity contribution in [1.29, 1.82) is 0 Å². The number of carbonyl (C=O) groups is 3. The van der Waals surface area contributed by atoms with Crippen LogP contribution in [0.2, 0.25) is 0 Å². The molecule has 0 aliphatic rings. The lowest BCUT2D eigenvalue weighted by atomic mass is 10.2. The molecular formula is C24H21FN2O4S. The highest BCUT2D eigenvalue weighted by Gasteiger charge is 2.16. The molecule has 3 aromatic rings. The normalized spacial score (nSPS) is 10.3. The Morgan fingerprint density at radius 1 is 0.875 bits per heavy atom. The molecule has 0 atom stereocenters. The number of anilines is 2. The summed E-state index contributed by atoms with van der Waals surface area (Å²) in [5, 5.41) is 5.33. The van der Waals surface area contributed by atoms with Gasteiger partial charge >= 0.3 is 5.97 Å². The highest BCUT2D eigenvalue weighted by Crippen LogP contribution is 2.24. The first-order valence-corrected chi connectivity index (χ1v) is 10.7. The molecule has 8 heteroatoms. The molecule has 0 fully saturated rings. The zero-order chi connectivity index (χ0) is 22.9. The Morgan fingerprint density at radius 2 is 1.59 bits per heavy atom. The molecule has 2 amide bonds. The molecular weight excluding hydrogens is 431 g/mol. The number of benzene rings is 3. The van der Waals surface area contributed by atoms with Crippen molar-refractivity contribution in [2.45, 2.75) is 11.8 Å². The fourth-order valence-electron chi connectivity index (χ4n) is 2.76. The predicted octanol–water partition coefficient (Wildman–Crippen LogP) is 4.66. The maximum atomic E-state index is 13.0. The molecule has 0 saturated heterocycles. The van der Waals surface area contributed by atoms with E-state index < -0.39 is 24.3 Å². The summed E-state index contributed by atoms with van der Waals surface area (Å²) in [6, 6.07) is 19.4. The van der Waals surface area contributed by atoms with E-state index in [2.05, 4.69) is 10.6 Å². The summed E-state index contributed by atoms with van der Waals surface area (Å²) in [7, 11) is 0. The lowest BCUT2D eigenvalue weighted by molar-refractivity contribution is -0.119. The topological polar surface area (TPSA) is 84.5 Å². The molecule has 0 heterocycles. The van der Waals surface area contributed by atoms with Crippen LogP contribution in [0.1, 0.15) is 15.9 Å². The summed E-state index contributed by atoms with van der Waals surface area (Å²) in [4.78, 5) is 37.3. The first kappa shape index (κ1) is 23.0. The van der Waals surface area contributed by atoms with Gasteiger partial charge < -0.3 is 15.4 Å². The van der Waals surface area contributed by atoms with Gasteiger partial charge in [-0.25, -0.2) is 9.18 Å². The number of hydrogen-bond acceptors (Lipinski definition) is 5. The molecule has 6 nitrogen and oxygen atoms in total. The van der Waals surface area contributed by atoms with Crippen molar-refractivity contribution < 1.29 is 23.5 Å². The number of esters is 1. The van der Waals surface area contributed by atoms with E-state index in [9.17, 15) is 18.8 Å². The van der Waals surface area contributed by atoms with Gasteiger partial charge in [-0.2, -0.15) is 0 Å². The molecule has 0 aliphatic heterocycles. The maximum absolute atomic E-state index is 13.0. The number of ether oxygens (including phenoxy) is 1. The molecule has 3 aromatic carbocycles. The number of nitrogens with one attached hydrogen (secondary N) is 2. The summed E-state index contributed by atoms with van der Waals surface area (Å²) >= 11 is 1.16. The zero-order valence-electron chi connectivity index (χ0n) is 17.3. The second kappa shape index (κ2) is 11.1. The van der Waals surface area contributed by atoms with Gasteiger partial charge in [0.25, 0.3) is 5.91 Å². The van der Waals surface area contributed by atoms with Gasteiger partial charge in [-0.15, -0.1) is 11.8 Å². The van der Waals surface area contributed by atoms with Gasteiger partial charge in [0.15, 0.2) is 6.61 Å². The van der Waals surface area contributed by atoms with E-state index in [4.69, 9.17) is 4.74 Å². The highest BCUT2D eigenvalue weighted by atomic mass is 32.2. The first-order chi connectivity index (χ1) is 15.4. The van der Waals surface area contributed by atoms with Crippen LogP contribution >= 0.6 is 11.8 Å². The fourth-order valence-corrected chi connectivity index (χ4v) is 3.60. The summed E-state index contributed by atoms with van der Waals surface area (Å²) in [6.07, 6.45) is 0. The second-order valence-corrected chi connectivity index (χ2v) is 7.85. The zero-order valence-corrected chi connectivity index (χ0v) is 18.1. The Morgan fingerprint density at radius 3 is 2.34 bits per heavy atom. The van der Waals surface area contributed by atoms with Crippen LogP contribution < -0.4 is 10.6 Å². The third-order valence-electron chi connectivity index (χ3n) is 4.23. The van der Waals surface area contributed by atoms with E-state index in [0.29, 0.717) is 16.3 Å². The van der Waals surface area contributed by atoms with Crippen molar-refractivity contribution in [3.05, 3.63) is 89.7 Å². The molecule has 0 radical (unpaired) electrons. The molecule has 2 N–H and O–H groups in total. The van der Waals surface area contributed by atoms with E-state index in [1.807, 2.05) is 25.1 Å². The van der Waals surface area contributed by atoms with Gasteiger partial charge in [0.2, 0.25) is 5.91 Å². The summed E-state index contributed by atoms with van der Waals surface area (Å²) in [5.74, 6) is -1.77. The molecule has 32 heavy (non-hydrogen) atoms. The maximum Gasteiger partial charge on any atom is 0.339 e. The Balaban J connectivity index is 1.53. The van der Waals surface area contributed by atoms with Crippen molar-refractivity contribution in [2.75, 3.05) is 23.0 Å². The minimum Gasteiger partial charge on any atom is -0.452 e. The van der Waals surface area contributed by atoms with Gasteiger partial charge in [-0.1, -0.05) is 24.3 Å². The number of hydrogen-bond donors (Lipinski definition) is 2. The van der Waals surface area contributed by atoms with Gasteiger partial charge in [-0.05, 0) is 61.0 Å². The average molecular weight is 453 g/mol. The second-order valence-electron chi connectivity index (χ2n) is 6.83. The van der Waals surface area contributed by atoms with Crippen LogP contribution in [0.15, 0.2) is 77.7 Å². The van der Waals surface area contributed by atoms with Crippen LogP contribution in [-0.2, 0) is 14.3 Å². The third-order valence-corrected chi connectivity index (χ3v) is 5.30. The Bertz CT molecular complexity index is 1120. The predicted molar refractivity (Wildman–Crippen MR) is 122 cm³/mol. The molecule has 0 unspecified atom stereocenters. The molecule has 0 spiro atoms. The minimum absolute atomic E-state index is 0.0372. The van der Waals surface area contributed by atoms with Crippen LogP contribution in [0, 0.1) is 12.7 Å². The van der Waals surface area contributed by atoms with Crippen LogP contribution in [0.4, 0.5) is 15.8 Å². The minimum atomic E-state index is -0.661. The van der Waals surface area contributed by atoms with Gasteiger partial charge in [-0.3, -0.25) is 9.59 Å². The van der Waals surface area contributed by atoms with Crippen molar-refractivity contribution in [3.63, 3.8) is 0 Å². The number of carbonyl (C=O) groups excluding carboxylic acids is 3. The van der Waals surface area contributed by atoms with Crippen molar-refractivity contribution in [2.24, 2.45) is 0 Å². The standard InChI is InChI=1S/C24H21FN2O4S/c1-16-5-4-6-19(13-16)27-22(28)14-31-24(30)20-7-2-3-8-21(20)32-15-23(29)26-18-11-9-17(25)10-12-18/h2-13H,14-15H2,1H3,(H,26,29)(H,27,28). The van der Waals surface area contributed by atoms with Crippen LogP contribution in [0.5, 0.6) is 0 Å². The number of rotatable bonds is 8.